The van der Waals surface area contributed by atoms with E-state index in [4.69, 9.17) is 14.2 Å². The van der Waals surface area contributed by atoms with Gasteiger partial charge in [-0.25, -0.2) is 0 Å². The highest BCUT2D eigenvalue weighted by Gasteiger charge is 2.10. The largest absolute Gasteiger partial charge is 0.507 e. The van der Waals surface area contributed by atoms with Gasteiger partial charge < -0.3 is 19.3 Å². The van der Waals surface area contributed by atoms with Crippen LogP contribution >= 0.6 is 0 Å². The first-order chi connectivity index (χ1) is 14.1. The molecule has 3 rings (SSSR count). The second-order valence-corrected chi connectivity index (χ2v) is 6.27. The number of hydrogen-bond donors (Lipinski definition) is 1. The molecule has 0 amide bonds. The molecule has 0 saturated carbocycles. The summed E-state index contributed by atoms with van der Waals surface area (Å²) in [6, 6.07) is 19.8. The second-order valence-electron chi connectivity index (χ2n) is 6.27. The number of carbonyl (C=O) groups excluding carboxylic acids is 1. The molecule has 148 valence electrons. The molecule has 29 heavy (non-hydrogen) atoms. The Kier molecular flexibility index (Phi) is 6.53. The summed E-state index contributed by atoms with van der Waals surface area (Å²) in [7, 11) is 3.07. The smallest absolute Gasteiger partial charge is 0.189 e. The van der Waals surface area contributed by atoms with E-state index in [0.29, 0.717) is 23.9 Å². The fraction of sp³-hybridized carbons (Fsp3) is 0.125. The first kappa shape index (κ1) is 20.0. The number of benzene rings is 3. The molecular formula is C24H22O5. The molecule has 0 heterocycles. The molecule has 0 saturated heterocycles. The van der Waals surface area contributed by atoms with E-state index in [9.17, 15) is 9.90 Å². The monoisotopic (exact) mass is 390 g/mol. The third kappa shape index (κ3) is 5.17. The molecule has 5 heteroatoms. The van der Waals surface area contributed by atoms with Crippen molar-refractivity contribution in [1.82, 2.24) is 0 Å². The topological polar surface area (TPSA) is 65.0 Å². The Hall–Kier alpha value is -3.73. The molecule has 0 fully saturated rings. The Labute approximate surface area is 169 Å². The number of ketones is 1. The van der Waals surface area contributed by atoms with Crippen LogP contribution in [-0.2, 0) is 6.61 Å². The van der Waals surface area contributed by atoms with Gasteiger partial charge in [0.05, 0.1) is 19.8 Å². The Morgan fingerprint density at radius 2 is 1.72 bits per heavy atom. The number of aromatic hydroxyl groups is 1. The van der Waals surface area contributed by atoms with Crippen molar-refractivity contribution in [3.8, 4) is 23.0 Å². The lowest BCUT2D eigenvalue weighted by atomic mass is 10.1. The minimum absolute atomic E-state index is 0.124. The van der Waals surface area contributed by atoms with Crippen molar-refractivity contribution >= 4 is 11.9 Å². The minimum atomic E-state index is -0.312. The number of rotatable bonds is 8. The van der Waals surface area contributed by atoms with Gasteiger partial charge >= 0.3 is 0 Å². The van der Waals surface area contributed by atoms with Crippen LogP contribution in [0.25, 0.3) is 6.08 Å². The third-order valence-electron chi connectivity index (χ3n) is 4.32. The number of allylic oxidation sites excluding steroid dienone is 1. The summed E-state index contributed by atoms with van der Waals surface area (Å²) in [5.41, 5.74) is 2.04. The van der Waals surface area contributed by atoms with E-state index in [0.717, 1.165) is 11.1 Å². The van der Waals surface area contributed by atoms with Crippen molar-refractivity contribution in [2.75, 3.05) is 14.2 Å². The number of hydrogen-bond acceptors (Lipinski definition) is 5. The second kappa shape index (κ2) is 9.46. The van der Waals surface area contributed by atoms with E-state index >= 15 is 0 Å². The fourth-order valence-corrected chi connectivity index (χ4v) is 2.75. The summed E-state index contributed by atoms with van der Waals surface area (Å²) >= 11 is 0. The Bertz CT molecular complexity index is 1010. The molecule has 0 spiro atoms. The standard InChI is InChI=1S/C24H22O5/c1-27-19-10-11-20(22(26)15-19)21(25)12-8-17-9-13-23(24(14-17)28-2)29-16-18-6-4-3-5-7-18/h3-15,26H,16H2,1-2H3. The molecule has 3 aromatic rings. The van der Waals surface area contributed by atoms with Crippen molar-refractivity contribution in [1.29, 1.82) is 0 Å². The summed E-state index contributed by atoms with van der Waals surface area (Å²) in [5.74, 6) is 1.24. The van der Waals surface area contributed by atoms with Crippen LogP contribution < -0.4 is 14.2 Å². The maximum atomic E-state index is 12.4. The lowest BCUT2D eigenvalue weighted by Gasteiger charge is -2.11. The predicted octanol–water partition coefficient (Wildman–Crippen LogP) is 4.88. The van der Waals surface area contributed by atoms with Gasteiger partial charge in [-0.1, -0.05) is 42.5 Å². The van der Waals surface area contributed by atoms with Crippen LogP contribution in [-0.4, -0.2) is 25.1 Å². The fourth-order valence-electron chi connectivity index (χ4n) is 2.75. The van der Waals surface area contributed by atoms with Gasteiger partial charge in [-0.05, 0) is 41.5 Å². The lowest BCUT2D eigenvalue weighted by Crippen LogP contribution is -1.98. The summed E-state index contributed by atoms with van der Waals surface area (Å²) in [6.07, 6.45) is 3.07. The molecule has 0 aliphatic heterocycles. The summed E-state index contributed by atoms with van der Waals surface area (Å²) in [6.45, 7) is 0.432. The van der Waals surface area contributed by atoms with Crippen LogP contribution in [0.15, 0.2) is 72.8 Å². The SMILES string of the molecule is COc1ccc(C(=O)C=Cc2ccc(OCc3ccccc3)c(OC)c2)c(O)c1. The molecule has 0 aromatic heterocycles. The van der Waals surface area contributed by atoms with Crippen LogP contribution in [0.5, 0.6) is 23.0 Å². The van der Waals surface area contributed by atoms with E-state index in [-0.39, 0.29) is 17.1 Å². The number of phenols is 1. The van der Waals surface area contributed by atoms with E-state index < -0.39 is 0 Å². The summed E-state index contributed by atoms with van der Waals surface area (Å²) < 4.78 is 16.3. The zero-order valence-electron chi connectivity index (χ0n) is 16.3. The summed E-state index contributed by atoms with van der Waals surface area (Å²) in [5, 5.41) is 9.99. The minimum Gasteiger partial charge on any atom is -0.507 e. The van der Waals surface area contributed by atoms with Crippen molar-refractivity contribution in [3.05, 3.63) is 89.5 Å². The van der Waals surface area contributed by atoms with Crippen molar-refractivity contribution in [3.63, 3.8) is 0 Å². The van der Waals surface area contributed by atoms with Crippen LogP contribution in [0.2, 0.25) is 0 Å². The Balaban J connectivity index is 1.71. The van der Waals surface area contributed by atoms with E-state index in [1.807, 2.05) is 36.4 Å². The molecule has 0 bridgehead atoms. The first-order valence-corrected chi connectivity index (χ1v) is 9.05. The van der Waals surface area contributed by atoms with Gasteiger partial charge in [-0.3, -0.25) is 4.79 Å². The zero-order valence-corrected chi connectivity index (χ0v) is 16.3. The highest BCUT2D eigenvalue weighted by molar-refractivity contribution is 6.08. The van der Waals surface area contributed by atoms with E-state index in [2.05, 4.69) is 0 Å². The molecule has 0 radical (unpaired) electrons. The quantitative estimate of drug-likeness (QED) is 0.438. The van der Waals surface area contributed by atoms with Gasteiger partial charge in [-0.15, -0.1) is 0 Å². The molecule has 0 unspecified atom stereocenters. The van der Waals surface area contributed by atoms with Gasteiger partial charge in [0.25, 0.3) is 0 Å². The molecule has 1 N–H and O–H groups in total. The van der Waals surface area contributed by atoms with Crippen molar-refractivity contribution in [2.45, 2.75) is 6.61 Å². The molecule has 0 atom stereocenters. The average molecular weight is 390 g/mol. The van der Waals surface area contributed by atoms with Gasteiger partial charge in [0, 0.05) is 6.07 Å². The number of methoxy groups -OCH3 is 2. The average Bonchev–Trinajstić information content (AvgIpc) is 2.76. The first-order valence-electron chi connectivity index (χ1n) is 9.05. The van der Waals surface area contributed by atoms with E-state index in [1.165, 1.54) is 25.3 Å². The van der Waals surface area contributed by atoms with Gasteiger partial charge in [0.2, 0.25) is 0 Å². The molecule has 3 aromatic carbocycles. The molecule has 5 nitrogen and oxygen atoms in total. The third-order valence-corrected chi connectivity index (χ3v) is 4.32. The van der Waals surface area contributed by atoms with Crippen molar-refractivity contribution in [2.24, 2.45) is 0 Å². The van der Waals surface area contributed by atoms with E-state index in [1.54, 1.807) is 31.4 Å². The number of phenolic OH excluding ortho intramolecular Hbond substituents is 1. The lowest BCUT2D eigenvalue weighted by molar-refractivity contribution is 0.104. The van der Waals surface area contributed by atoms with Crippen LogP contribution in [0.3, 0.4) is 0 Å². The Morgan fingerprint density at radius 1 is 0.931 bits per heavy atom. The normalized spacial score (nSPS) is 10.7. The molecule has 0 aliphatic rings. The number of carbonyl (C=O) groups is 1. The van der Waals surface area contributed by atoms with Crippen LogP contribution in [0.1, 0.15) is 21.5 Å². The number of ether oxygens (including phenoxy) is 3. The Morgan fingerprint density at radius 3 is 2.41 bits per heavy atom. The summed E-state index contributed by atoms with van der Waals surface area (Å²) in [4.78, 5) is 12.4. The molecular weight excluding hydrogens is 368 g/mol. The molecule has 0 aliphatic carbocycles. The van der Waals surface area contributed by atoms with Gasteiger partial charge in [0.15, 0.2) is 17.3 Å². The zero-order chi connectivity index (χ0) is 20.6. The van der Waals surface area contributed by atoms with Crippen molar-refractivity contribution < 1.29 is 24.1 Å². The predicted molar refractivity (Wildman–Crippen MR) is 112 cm³/mol. The van der Waals surface area contributed by atoms with Crippen LogP contribution in [0.4, 0.5) is 0 Å². The highest BCUT2D eigenvalue weighted by Crippen LogP contribution is 2.30. The van der Waals surface area contributed by atoms with Gasteiger partial charge in [0.1, 0.15) is 18.1 Å². The van der Waals surface area contributed by atoms with Gasteiger partial charge in [-0.2, -0.15) is 0 Å². The maximum absolute atomic E-state index is 12.4. The highest BCUT2D eigenvalue weighted by atomic mass is 16.5. The van der Waals surface area contributed by atoms with Crippen LogP contribution in [0, 0.1) is 0 Å². The maximum Gasteiger partial charge on any atom is 0.189 e.